The molecule has 1 aromatic carbocycles. The number of likely N-dealkylation sites (tertiary alicyclic amines) is 1. The summed E-state index contributed by atoms with van der Waals surface area (Å²) >= 11 is 1.27. The average molecular weight is 391 g/mol. The fourth-order valence-electron chi connectivity index (χ4n) is 3.06. The number of benzene rings is 1. The molecule has 0 radical (unpaired) electrons. The molecule has 0 aliphatic carbocycles. The molecule has 7 nitrogen and oxygen atoms in total. The molecule has 0 atom stereocenters. The Balaban J connectivity index is 1.62. The second-order valence-corrected chi connectivity index (χ2v) is 7.30. The van der Waals surface area contributed by atoms with E-state index in [0.717, 1.165) is 25.9 Å². The van der Waals surface area contributed by atoms with Crippen LogP contribution in [0.1, 0.15) is 32.1 Å². The number of rotatable bonds is 6. The fraction of sp³-hybridized carbons (Fsp3) is 0.526. The van der Waals surface area contributed by atoms with Crippen LogP contribution in [-0.2, 0) is 4.79 Å². The highest BCUT2D eigenvalue weighted by Gasteiger charge is 2.18. The Morgan fingerprint density at radius 2 is 1.85 bits per heavy atom. The van der Waals surface area contributed by atoms with Crippen molar-refractivity contribution in [2.75, 3.05) is 33.1 Å². The van der Waals surface area contributed by atoms with Crippen LogP contribution in [0.3, 0.4) is 0 Å². The van der Waals surface area contributed by atoms with Crippen molar-refractivity contribution in [3.63, 3.8) is 0 Å². The second kappa shape index (κ2) is 9.64. The first-order valence-electron chi connectivity index (χ1n) is 9.17. The van der Waals surface area contributed by atoms with Crippen LogP contribution in [0.15, 0.2) is 27.8 Å². The maximum Gasteiger partial charge on any atom is 0.277 e. The van der Waals surface area contributed by atoms with Gasteiger partial charge in [-0.25, -0.2) is 0 Å². The van der Waals surface area contributed by atoms with E-state index in [1.165, 1.54) is 31.0 Å². The minimum atomic E-state index is 0.128. The molecule has 2 aromatic rings. The van der Waals surface area contributed by atoms with E-state index in [4.69, 9.17) is 13.9 Å². The summed E-state index contributed by atoms with van der Waals surface area (Å²) in [5, 5.41) is 8.51. The van der Waals surface area contributed by atoms with E-state index in [9.17, 15) is 4.79 Å². The number of amides is 1. The van der Waals surface area contributed by atoms with Gasteiger partial charge in [0.05, 0.1) is 25.5 Å². The Hall–Kier alpha value is -2.22. The van der Waals surface area contributed by atoms with Gasteiger partial charge in [-0.05, 0) is 25.0 Å². The van der Waals surface area contributed by atoms with Crippen molar-refractivity contribution in [2.45, 2.75) is 37.3 Å². The molecule has 1 aliphatic rings. The maximum atomic E-state index is 12.5. The molecule has 1 fully saturated rings. The molecular weight excluding hydrogens is 366 g/mol. The summed E-state index contributed by atoms with van der Waals surface area (Å²) in [5.74, 6) is 2.07. The van der Waals surface area contributed by atoms with Crippen LogP contribution < -0.4 is 9.47 Å². The number of thioether (sulfide) groups is 1. The Morgan fingerprint density at radius 3 is 2.56 bits per heavy atom. The zero-order chi connectivity index (χ0) is 19.1. The van der Waals surface area contributed by atoms with E-state index >= 15 is 0 Å². The van der Waals surface area contributed by atoms with E-state index in [0.29, 0.717) is 33.9 Å². The van der Waals surface area contributed by atoms with Crippen molar-refractivity contribution >= 4 is 17.7 Å². The summed E-state index contributed by atoms with van der Waals surface area (Å²) < 4.78 is 16.3. The smallest absolute Gasteiger partial charge is 0.277 e. The van der Waals surface area contributed by atoms with E-state index in [2.05, 4.69) is 10.2 Å². The minimum absolute atomic E-state index is 0.128. The van der Waals surface area contributed by atoms with E-state index in [-0.39, 0.29) is 5.91 Å². The first-order chi connectivity index (χ1) is 13.2. The van der Waals surface area contributed by atoms with Crippen LogP contribution in [0.4, 0.5) is 0 Å². The van der Waals surface area contributed by atoms with E-state index in [1.807, 2.05) is 11.0 Å². The van der Waals surface area contributed by atoms with Gasteiger partial charge in [0.2, 0.25) is 5.91 Å². The molecule has 1 saturated heterocycles. The second-order valence-electron chi connectivity index (χ2n) is 6.38. The van der Waals surface area contributed by atoms with Gasteiger partial charge in [0.25, 0.3) is 11.1 Å². The fourth-order valence-corrected chi connectivity index (χ4v) is 3.73. The third kappa shape index (κ3) is 5.15. The molecule has 0 unspecified atom stereocenters. The summed E-state index contributed by atoms with van der Waals surface area (Å²) in [6.45, 7) is 1.69. The predicted molar refractivity (Wildman–Crippen MR) is 103 cm³/mol. The average Bonchev–Trinajstić information content (AvgIpc) is 3.14. The Labute approximate surface area is 163 Å². The number of carbonyl (C=O) groups excluding carboxylic acids is 1. The highest BCUT2D eigenvalue weighted by atomic mass is 32.2. The number of nitrogens with zero attached hydrogens (tertiary/aromatic N) is 3. The van der Waals surface area contributed by atoms with Crippen LogP contribution >= 0.6 is 11.8 Å². The molecule has 0 N–H and O–H groups in total. The summed E-state index contributed by atoms with van der Waals surface area (Å²) in [5.41, 5.74) is 0.688. The van der Waals surface area contributed by atoms with Crippen LogP contribution in [0.5, 0.6) is 11.5 Å². The molecular formula is C19H25N3O4S. The third-order valence-electron chi connectivity index (χ3n) is 4.57. The topological polar surface area (TPSA) is 77.7 Å². The predicted octanol–water partition coefficient (Wildman–Crippen LogP) is 3.64. The van der Waals surface area contributed by atoms with Gasteiger partial charge in [0, 0.05) is 19.2 Å². The van der Waals surface area contributed by atoms with Crippen molar-refractivity contribution in [1.29, 1.82) is 0 Å². The normalized spacial score (nSPS) is 15.1. The number of methoxy groups -OCH3 is 2. The lowest BCUT2D eigenvalue weighted by molar-refractivity contribution is -0.128. The summed E-state index contributed by atoms with van der Waals surface area (Å²) in [7, 11) is 3.17. The minimum Gasteiger partial charge on any atom is -0.497 e. The molecule has 0 bridgehead atoms. The number of ether oxygens (including phenoxy) is 2. The maximum absolute atomic E-state index is 12.5. The first kappa shape index (κ1) is 19.5. The van der Waals surface area contributed by atoms with Crippen molar-refractivity contribution in [1.82, 2.24) is 15.1 Å². The number of aromatic nitrogens is 2. The van der Waals surface area contributed by atoms with Gasteiger partial charge in [-0.3, -0.25) is 4.79 Å². The molecule has 2 heterocycles. The Morgan fingerprint density at radius 1 is 1.11 bits per heavy atom. The van der Waals surface area contributed by atoms with E-state index < -0.39 is 0 Å². The van der Waals surface area contributed by atoms with Gasteiger partial charge < -0.3 is 18.8 Å². The van der Waals surface area contributed by atoms with E-state index in [1.54, 1.807) is 26.4 Å². The molecule has 1 aromatic heterocycles. The Bertz CT molecular complexity index is 757. The van der Waals surface area contributed by atoms with Crippen LogP contribution in [0, 0.1) is 0 Å². The molecule has 3 rings (SSSR count). The number of carbonyl (C=O) groups is 1. The molecule has 8 heteroatoms. The summed E-state index contributed by atoms with van der Waals surface area (Å²) in [6, 6.07) is 5.38. The van der Waals surface area contributed by atoms with Crippen molar-refractivity contribution in [3.05, 3.63) is 18.2 Å². The van der Waals surface area contributed by atoms with Gasteiger partial charge >= 0.3 is 0 Å². The molecule has 146 valence electrons. The highest BCUT2D eigenvalue weighted by molar-refractivity contribution is 7.99. The molecule has 1 aliphatic heterocycles. The highest BCUT2D eigenvalue weighted by Crippen LogP contribution is 2.33. The SMILES string of the molecule is COc1ccc(-c2nnc(SCC(=O)N3CCCCCCC3)o2)c(OC)c1. The van der Waals surface area contributed by atoms with Gasteiger partial charge in [-0.2, -0.15) is 0 Å². The lowest BCUT2D eigenvalue weighted by Gasteiger charge is -2.24. The number of hydrogen-bond donors (Lipinski definition) is 0. The molecule has 27 heavy (non-hydrogen) atoms. The summed E-state index contributed by atoms with van der Waals surface area (Å²) in [6.07, 6.45) is 5.84. The van der Waals surface area contributed by atoms with Crippen LogP contribution in [0.2, 0.25) is 0 Å². The first-order valence-corrected chi connectivity index (χ1v) is 10.2. The monoisotopic (exact) mass is 391 g/mol. The molecule has 0 spiro atoms. The van der Waals surface area contributed by atoms with Gasteiger partial charge in [0.1, 0.15) is 11.5 Å². The van der Waals surface area contributed by atoms with Crippen LogP contribution in [0.25, 0.3) is 11.5 Å². The third-order valence-corrected chi connectivity index (χ3v) is 5.38. The zero-order valence-corrected chi connectivity index (χ0v) is 16.6. The molecule has 0 saturated carbocycles. The molecule has 1 amide bonds. The standard InChI is InChI=1S/C19H25N3O4S/c1-24-14-8-9-15(16(12-14)25-2)18-20-21-19(26-18)27-13-17(23)22-10-6-4-3-5-7-11-22/h8-9,12H,3-7,10-11,13H2,1-2H3. The van der Waals surface area contributed by atoms with Crippen molar-refractivity contribution < 1.29 is 18.7 Å². The van der Waals surface area contributed by atoms with Crippen molar-refractivity contribution in [3.8, 4) is 23.0 Å². The summed E-state index contributed by atoms with van der Waals surface area (Å²) in [4.78, 5) is 14.4. The van der Waals surface area contributed by atoms with Crippen LogP contribution in [-0.4, -0.2) is 54.1 Å². The van der Waals surface area contributed by atoms with Gasteiger partial charge in [-0.15, -0.1) is 10.2 Å². The van der Waals surface area contributed by atoms with Crippen molar-refractivity contribution in [2.24, 2.45) is 0 Å². The lowest BCUT2D eigenvalue weighted by Crippen LogP contribution is -2.35. The number of hydrogen-bond acceptors (Lipinski definition) is 7. The lowest BCUT2D eigenvalue weighted by atomic mass is 10.1. The Kier molecular flexibility index (Phi) is 6.98. The zero-order valence-electron chi connectivity index (χ0n) is 15.8. The van der Waals surface area contributed by atoms with Gasteiger partial charge in [-0.1, -0.05) is 31.0 Å². The van der Waals surface area contributed by atoms with Gasteiger partial charge in [0.15, 0.2) is 0 Å². The largest absolute Gasteiger partial charge is 0.497 e. The quantitative estimate of drug-likeness (QED) is 0.696.